The first-order valence-corrected chi connectivity index (χ1v) is 5.94. The number of rotatable bonds is 3. The van der Waals surface area contributed by atoms with Crippen LogP contribution in [0.3, 0.4) is 0 Å². The number of hydrogen-bond acceptors (Lipinski definition) is 4. The second-order valence-corrected chi connectivity index (χ2v) is 4.62. The van der Waals surface area contributed by atoms with E-state index in [2.05, 4.69) is 25.1 Å². The van der Waals surface area contributed by atoms with Gasteiger partial charge in [-0.3, -0.25) is 0 Å². The Hall–Kier alpha value is -1.97. The number of nitrogen functional groups attached to an aromatic ring is 1. The molecule has 0 saturated carbocycles. The Morgan fingerprint density at radius 2 is 2.06 bits per heavy atom. The average molecular weight is 246 g/mol. The van der Waals surface area contributed by atoms with E-state index in [9.17, 15) is 0 Å². The number of methoxy groups -OCH3 is 1. The molecule has 4 heteroatoms. The molecule has 2 aromatic rings. The van der Waals surface area contributed by atoms with Crippen molar-refractivity contribution in [1.82, 2.24) is 5.16 Å². The van der Waals surface area contributed by atoms with Crippen LogP contribution in [0, 0.1) is 6.92 Å². The number of nitrogens with zero attached hydrogens (tertiary/aromatic N) is 1. The number of anilines is 1. The molecule has 0 radical (unpaired) electrons. The largest absolute Gasteiger partial charge is 0.496 e. The van der Waals surface area contributed by atoms with Crippen LogP contribution in [0.1, 0.15) is 31.0 Å². The fourth-order valence-electron chi connectivity index (χ4n) is 2.08. The summed E-state index contributed by atoms with van der Waals surface area (Å²) in [5, 5.41) is 3.88. The van der Waals surface area contributed by atoms with Crippen molar-refractivity contribution in [2.24, 2.45) is 0 Å². The molecule has 0 aliphatic heterocycles. The SMILES string of the molecule is COc1ccc(-c2c(C)noc2N)cc1C(C)C. The summed E-state index contributed by atoms with van der Waals surface area (Å²) in [6, 6.07) is 6.01. The standard InChI is InChI=1S/C14H18N2O2/c1-8(2)11-7-10(5-6-12(11)17-4)13-9(3)16-18-14(13)15/h5-8H,15H2,1-4H3. The highest BCUT2D eigenvalue weighted by atomic mass is 16.5. The van der Waals surface area contributed by atoms with E-state index in [0.717, 1.165) is 28.1 Å². The van der Waals surface area contributed by atoms with Crippen LogP contribution in [0.25, 0.3) is 11.1 Å². The molecule has 0 bridgehead atoms. The third-order valence-electron chi connectivity index (χ3n) is 3.03. The van der Waals surface area contributed by atoms with Gasteiger partial charge in [-0.1, -0.05) is 25.1 Å². The topological polar surface area (TPSA) is 61.3 Å². The quantitative estimate of drug-likeness (QED) is 0.902. The van der Waals surface area contributed by atoms with Gasteiger partial charge in [-0.25, -0.2) is 0 Å². The monoisotopic (exact) mass is 246 g/mol. The molecule has 1 aromatic carbocycles. The summed E-state index contributed by atoms with van der Waals surface area (Å²) >= 11 is 0. The number of ether oxygens (including phenoxy) is 1. The highest BCUT2D eigenvalue weighted by molar-refractivity contribution is 5.76. The Morgan fingerprint density at radius 3 is 2.56 bits per heavy atom. The van der Waals surface area contributed by atoms with Crippen molar-refractivity contribution < 1.29 is 9.26 Å². The van der Waals surface area contributed by atoms with Gasteiger partial charge in [0, 0.05) is 0 Å². The second kappa shape index (κ2) is 4.72. The lowest BCUT2D eigenvalue weighted by atomic mass is 9.96. The molecule has 1 aromatic heterocycles. The molecular weight excluding hydrogens is 228 g/mol. The van der Waals surface area contributed by atoms with Crippen molar-refractivity contribution >= 4 is 5.88 Å². The summed E-state index contributed by atoms with van der Waals surface area (Å²) in [6.07, 6.45) is 0. The van der Waals surface area contributed by atoms with Crippen molar-refractivity contribution in [1.29, 1.82) is 0 Å². The van der Waals surface area contributed by atoms with Gasteiger partial charge in [0.15, 0.2) is 0 Å². The third-order valence-corrected chi connectivity index (χ3v) is 3.03. The maximum atomic E-state index is 5.81. The van der Waals surface area contributed by atoms with Gasteiger partial charge in [0.25, 0.3) is 0 Å². The van der Waals surface area contributed by atoms with E-state index < -0.39 is 0 Å². The summed E-state index contributed by atoms with van der Waals surface area (Å²) < 4.78 is 10.4. The summed E-state index contributed by atoms with van der Waals surface area (Å²) in [7, 11) is 1.68. The van der Waals surface area contributed by atoms with E-state index in [1.165, 1.54) is 0 Å². The molecule has 18 heavy (non-hydrogen) atoms. The zero-order chi connectivity index (χ0) is 13.3. The van der Waals surface area contributed by atoms with Crippen LogP contribution in [-0.4, -0.2) is 12.3 Å². The molecule has 0 unspecified atom stereocenters. The Kier molecular flexibility index (Phi) is 3.28. The van der Waals surface area contributed by atoms with Crippen molar-refractivity contribution in [2.75, 3.05) is 12.8 Å². The first kappa shape index (κ1) is 12.5. The van der Waals surface area contributed by atoms with Crippen molar-refractivity contribution in [3.63, 3.8) is 0 Å². The van der Waals surface area contributed by atoms with E-state index in [1.807, 2.05) is 19.1 Å². The predicted octanol–water partition coefficient (Wildman–Crippen LogP) is 3.36. The van der Waals surface area contributed by atoms with Crippen LogP contribution in [0.4, 0.5) is 5.88 Å². The van der Waals surface area contributed by atoms with E-state index in [4.69, 9.17) is 15.0 Å². The Bertz CT molecular complexity index is 539. The number of nitrogens with two attached hydrogens (primary N) is 1. The van der Waals surface area contributed by atoms with Crippen LogP contribution in [-0.2, 0) is 0 Å². The lowest BCUT2D eigenvalue weighted by molar-refractivity contribution is 0.407. The summed E-state index contributed by atoms with van der Waals surface area (Å²) in [6.45, 7) is 6.14. The smallest absolute Gasteiger partial charge is 0.230 e. The summed E-state index contributed by atoms with van der Waals surface area (Å²) in [5.74, 6) is 1.62. The molecule has 2 rings (SSSR count). The maximum absolute atomic E-state index is 5.81. The van der Waals surface area contributed by atoms with Crippen LogP contribution in [0.5, 0.6) is 5.75 Å². The molecule has 0 aliphatic carbocycles. The van der Waals surface area contributed by atoms with E-state index in [1.54, 1.807) is 7.11 Å². The molecular formula is C14H18N2O2. The van der Waals surface area contributed by atoms with Crippen LogP contribution in [0.2, 0.25) is 0 Å². The molecule has 0 amide bonds. The Labute approximate surface area is 107 Å². The third kappa shape index (κ3) is 2.06. The molecule has 96 valence electrons. The molecule has 0 spiro atoms. The minimum atomic E-state index is 0.354. The number of aryl methyl sites for hydroxylation is 1. The number of benzene rings is 1. The zero-order valence-corrected chi connectivity index (χ0v) is 11.2. The Morgan fingerprint density at radius 1 is 1.33 bits per heavy atom. The lowest BCUT2D eigenvalue weighted by Crippen LogP contribution is -1.96. The highest BCUT2D eigenvalue weighted by Crippen LogP contribution is 2.35. The normalized spacial score (nSPS) is 10.9. The highest BCUT2D eigenvalue weighted by Gasteiger charge is 2.15. The van der Waals surface area contributed by atoms with Crippen molar-refractivity contribution in [3.8, 4) is 16.9 Å². The lowest BCUT2D eigenvalue weighted by Gasteiger charge is -2.13. The fraction of sp³-hybridized carbons (Fsp3) is 0.357. The van der Waals surface area contributed by atoms with Crippen molar-refractivity contribution in [3.05, 3.63) is 29.5 Å². The number of aromatic nitrogens is 1. The van der Waals surface area contributed by atoms with Gasteiger partial charge in [0.05, 0.1) is 18.4 Å². The van der Waals surface area contributed by atoms with E-state index >= 15 is 0 Å². The van der Waals surface area contributed by atoms with Gasteiger partial charge in [0.1, 0.15) is 5.75 Å². The van der Waals surface area contributed by atoms with E-state index in [0.29, 0.717) is 11.8 Å². The molecule has 0 aliphatic rings. The second-order valence-electron chi connectivity index (χ2n) is 4.62. The first-order chi connectivity index (χ1) is 8.54. The molecule has 0 fully saturated rings. The van der Waals surface area contributed by atoms with Gasteiger partial charge >= 0.3 is 0 Å². The van der Waals surface area contributed by atoms with Gasteiger partial charge in [-0.15, -0.1) is 0 Å². The average Bonchev–Trinajstić information content (AvgIpc) is 2.68. The zero-order valence-electron chi connectivity index (χ0n) is 11.2. The molecule has 1 heterocycles. The van der Waals surface area contributed by atoms with Crippen LogP contribution in [0.15, 0.2) is 22.7 Å². The van der Waals surface area contributed by atoms with Gasteiger partial charge in [0.2, 0.25) is 5.88 Å². The fourth-order valence-corrected chi connectivity index (χ4v) is 2.08. The summed E-state index contributed by atoms with van der Waals surface area (Å²) in [4.78, 5) is 0. The van der Waals surface area contributed by atoms with Crippen LogP contribution >= 0.6 is 0 Å². The maximum Gasteiger partial charge on any atom is 0.230 e. The summed E-state index contributed by atoms with van der Waals surface area (Å²) in [5.41, 5.74) is 9.63. The van der Waals surface area contributed by atoms with Gasteiger partial charge < -0.3 is 15.0 Å². The minimum Gasteiger partial charge on any atom is -0.496 e. The van der Waals surface area contributed by atoms with Gasteiger partial charge in [-0.05, 0) is 36.1 Å². The molecule has 2 N–H and O–H groups in total. The van der Waals surface area contributed by atoms with Gasteiger partial charge in [-0.2, -0.15) is 0 Å². The molecule has 0 atom stereocenters. The van der Waals surface area contributed by atoms with Crippen molar-refractivity contribution in [2.45, 2.75) is 26.7 Å². The Balaban J connectivity index is 2.57. The number of hydrogen-bond donors (Lipinski definition) is 1. The minimum absolute atomic E-state index is 0.354. The molecule has 4 nitrogen and oxygen atoms in total. The molecule has 0 saturated heterocycles. The predicted molar refractivity (Wildman–Crippen MR) is 71.7 cm³/mol. The van der Waals surface area contributed by atoms with Crippen LogP contribution < -0.4 is 10.5 Å². The first-order valence-electron chi connectivity index (χ1n) is 5.94. The van der Waals surface area contributed by atoms with E-state index in [-0.39, 0.29) is 0 Å².